The Bertz CT molecular complexity index is 384. The molecule has 1 N–H and O–H groups in total. The molecule has 1 aliphatic rings. The van der Waals surface area contributed by atoms with Gasteiger partial charge in [0.1, 0.15) is 5.60 Å². The molecule has 0 aromatic rings. The van der Waals surface area contributed by atoms with E-state index in [9.17, 15) is 9.59 Å². The molecule has 21 heavy (non-hydrogen) atoms. The van der Waals surface area contributed by atoms with Crippen LogP contribution in [0.3, 0.4) is 0 Å². The first-order valence-corrected chi connectivity index (χ1v) is 7.72. The maximum atomic E-state index is 12.1. The number of carbonyl (C=O) groups excluding carboxylic acids is 1. The number of hydrogen-bond acceptors (Lipinski definition) is 3. The van der Waals surface area contributed by atoms with Crippen molar-refractivity contribution in [2.75, 3.05) is 13.1 Å². The molecular weight excluding hydrogens is 270 g/mol. The molecule has 1 saturated heterocycles. The Morgan fingerprint density at radius 1 is 1.24 bits per heavy atom. The summed E-state index contributed by atoms with van der Waals surface area (Å²) in [5.74, 6) is -0.396. The van der Waals surface area contributed by atoms with Gasteiger partial charge in [-0.1, -0.05) is 0 Å². The molecule has 1 unspecified atom stereocenters. The minimum Gasteiger partial charge on any atom is -0.481 e. The van der Waals surface area contributed by atoms with Crippen LogP contribution in [-0.2, 0) is 9.53 Å². The summed E-state index contributed by atoms with van der Waals surface area (Å²) >= 11 is 0. The highest BCUT2D eigenvalue weighted by Gasteiger charge is 2.31. The largest absolute Gasteiger partial charge is 0.481 e. The zero-order valence-corrected chi connectivity index (χ0v) is 13.9. The Morgan fingerprint density at radius 2 is 1.86 bits per heavy atom. The molecule has 1 fully saturated rings. The lowest BCUT2D eigenvalue weighted by Crippen LogP contribution is -2.43. The van der Waals surface area contributed by atoms with E-state index in [0.29, 0.717) is 18.9 Å². The minimum atomic E-state index is -0.762. The summed E-state index contributed by atoms with van der Waals surface area (Å²) in [5, 5.41) is 9.15. The molecule has 0 spiro atoms. The van der Waals surface area contributed by atoms with Crippen LogP contribution in [0.25, 0.3) is 0 Å². The second-order valence-electron chi connectivity index (χ2n) is 7.66. The summed E-state index contributed by atoms with van der Waals surface area (Å²) in [6.07, 6.45) is 3.21. The van der Waals surface area contributed by atoms with Crippen LogP contribution in [-0.4, -0.2) is 40.8 Å². The molecule has 1 heterocycles. The van der Waals surface area contributed by atoms with Crippen molar-refractivity contribution in [2.45, 2.75) is 65.9 Å². The molecule has 1 aliphatic heterocycles. The van der Waals surface area contributed by atoms with Crippen LogP contribution in [0.2, 0.25) is 0 Å². The highest BCUT2D eigenvalue weighted by molar-refractivity contribution is 5.73. The van der Waals surface area contributed by atoms with Gasteiger partial charge in [-0.2, -0.15) is 0 Å². The van der Waals surface area contributed by atoms with Gasteiger partial charge in [-0.3, -0.25) is 4.79 Å². The Morgan fingerprint density at radius 3 is 2.38 bits per heavy atom. The second kappa shape index (κ2) is 6.67. The number of amides is 1. The number of ether oxygens (including phenoxy) is 1. The summed E-state index contributed by atoms with van der Waals surface area (Å²) in [6.45, 7) is 10.5. The van der Waals surface area contributed by atoms with Gasteiger partial charge in [-0.05, 0) is 66.2 Å². The van der Waals surface area contributed by atoms with Gasteiger partial charge in [0.05, 0.1) is 5.41 Å². The van der Waals surface area contributed by atoms with Crippen LogP contribution in [0.15, 0.2) is 0 Å². The first-order chi connectivity index (χ1) is 9.51. The van der Waals surface area contributed by atoms with Crippen molar-refractivity contribution in [1.82, 2.24) is 4.90 Å². The van der Waals surface area contributed by atoms with Gasteiger partial charge >= 0.3 is 12.1 Å². The topological polar surface area (TPSA) is 66.8 Å². The van der Waals surface area contributed by atoms with Crippen molar-refractivity contribution in [3.63, 3.8) is 0 Å². The van der Waals surface area contributed by atoms with Crippen LogP contribution < -0.4 is 0 Å². The van der Waals surface area contributed by atoms with Gasteiger partial charge in [0.2, 0.25) is 0 Å². The maximum Gasteiger partial charge on any atom is 0.410 e. The number of likely N-dealkylation sites (tertiary alicyclic amines) is 1. The van der Waals surface area contributed by atoms with Gasteiger partial charge < -0.3 is 14.7 Å². The summed E-state index contributed by atoms with van der Waals surface area (Å²) in [5.41, 5.74) is -1.18. The van der Waals surface area contributed by atoms with Crippen LogP contribution in [0.4, 0.5) is 4.79 Å². The van der Waals surface area contributed by atoms with E-state index < -0.39 is 17.0 Å². The van der Waals surface area contributed by atoms with Crippen LogP contribution >= 0.6 is 0 Å². The van der Waals surface area contributed by atoms with Crippen molar-refractivity contribution >= 4 is 12.1 Å². The standard InChI is InChI=1S/C16H29NO4/c1-15(2,3)21-14(20)17-10-6-7-12(11-17)8-9-16(4,5)13(18)19/h12H,6-11H2,1-5H3,(H,18,19). The monoisotopic (exact) mass is 299 g/mol. The molecule has 0 aromatic heterocycles. The first-order valence-electron chi connectivity index (χ1n) is 7.72. The molecular formula is C16H29NO4. The molecule has 1 atom stereocenters. The number of carboxylic acid groups (broad SMARTS) is 1. The number of hydrogen-bond donors (Lipinski definition) is 1. The predicted octanol–water partition coefficient (Wildman–Crippen LogP) is 3.52. The molecule has 0 radical (unpaired) electrons. The fourth-order valence-electron chi connectivity index (χ4n) is 2.46. The molecule has 1 rings (SSSR count). The van der Waals surface area contributed by atoms with Crippen LogP contribution in [0, 0.1) is 11.3 Å². The van der Waals surface area contributed by atoms with E-state index in [1.54, 1.807) is 18.7 Å². The van der Waals surface area contributed by atoms with Crippen LogP contribution in [0.5, 0.6) is 0 Å². The van der Waals surface area contributed by atoms with E-state index in [2.05, 4.69) is 0 Å². The lowest BCUT2D eigenvalue weighted by atomic mass is 9.82. The maximum absolute atomic E-state index is 12.1. The Hall–Kier alpha value is -1.26. The smallest absolute Gasteiger partial charge is 0.410 e. The number of rotatable bonds is 4. The molecule has 122 valence electrons. The zero-order valence-electron chi connectivity index (χ0n) is 13.9. The van der Waals surface area contributed by atoms with Gasteiger partial charge in [0.15, 0.2) is 0 Å². The van der Waals surface area contributed by atoms with Gasteiger partial charge in [-0.15, -0.1) is 0 Å². The van der Waals surface area contributed by atoms with E-state index in [1.165, 1.54) is 0 Å². The summed E-state index contributed by atoms with van der Waals surface area (Å²) in [7, 11) is 0. The number of piperidine rings is 1. The summed E-state index contributed by atoms with van der Waals surface area (Å²) in [6, 6.07) is 0. The fraction of sp³-hybridized carbons (Fsp3) is 0.875. The number of carbonyl (C=O) groups is 2. The average molecular weight is 299 g/mol. The van der Waals surface area contributed by atoms with Gasteiger partial charge in [0.25, 0.3) is 0 Å². The Balaban J connectivity index is 2.49. The quantitative estimate of drug-likeness (QED) is 0.862. The predicted molar refractivity (Wildman–Crippen MR) is 81.2 cm³/mol. The molecule has 0 aliphatic carbocycles. The summed E-state index contributed by atoms with van der Waals surface area (Å²) in [4.78, 5) is 25.0. The third-order valence-electron chi connectivity index (χ3n) is 3.93. The Kier molecular flexibility index (Phi) is 5.65. The second-order valence-corrected chi connectivity index (χ2v) is 7.66. The normalized spacial score (nSPS) is 20.2. The van der Waals surface area contributed by atoms with E-state index >= 15 is 0 Å². The number of nitrogens with zero attached hydrogens (tertiary/aromatic N) is 1. The summed E-state index contributed by atoms with van der Waals surface area (Å²) < 4.78 is 5.40. The average Bonchev–Trinajstić information content (AvgIpc) is 2.34. The molecule has 0 saturated carbocycles. The van der Waals surface area contributed by atoms with E-state index in [-0.39, 0.29) is 6.09 Å². The SMILES string of the molecule is CC(C)(C)OC(=O)N1CCCC(CCC(C)(C)C(=O)O)C1. The number of aliphatic carboxylic acids is 1. The van der Waals surface area contributed by atoms with Gasteiger partial charge in [-0.25, -0.2) is 4.79 Å². The minimum absolute atomic E-state index is 0.260. The highest BCUT2D eigenvalue weighted by Crippen LogP contribution is 2.29. The lowest BCUT2D eigenvalue weighted by Gasteiger charge is -2.35. The van der Waals surface area contributed by atoms with E-state index in [0.717, 1.165) is 25.8 Å². The van der Waals surface area contributed by atoms with E-state index in [4.69, 9.17) is 9.84 Å². The molecule has 0 aromatic carbocycles. The molecule has 5 heteroatoms. The highest BCUT2D eigenvalue weighted by atomic mass is 16.6. The Labute approximate surface area is 127 Å². The van der Waals surface area contributed by atoms with Crippen molar-refractivity contribution in [3.05, 3.63) is 0 Å². The molecule has 5 nitrogen and oxygen atoms in total. The van der Waals surface area contributed by atoms with Crippen molar-refractivity contribution in [2.24, 2.45) is 11.3 Å². The lowest BCUT2D eigenvalue weighted by molar-refractivity contribution is -0.147. The third-order valence-corrected chi connectivity index (χ3v) is 3.93. The van der Waals surface area contributed by atoms with E-state index in [1.807, 2.05) is 20.8 Å². The van der Waals surface area contributed by atoms with Crippen LogP contribution in [0.1, 0.15) is 60.3 Å². The third kappa shape index (κ3) is 5.94. The van der Waals surface area contributed by atoms with Crippen molar-refractivity contribution in [1.29, 1.82) is 0 Å². The van der Waals surface area contributed by atoms with Crippen molar-refractivity contribution < 1.29 is 19.4 Å². The number of carboxylic acids is 1. The van der Waals surface area contributed by atoms with Gasteiger partial charge in [0, 0.05) is 13.1 Å². The first kappa shape index (κ1) is 17.8. The fourth-order valence-corrected chi connectivity index (χ4v) is 2.46. The zero-order chi connectivity index (χ0) is 16.3. The molecule has 0 bridgehead atoms. The molecule has 1 amide bonds. The van der Waals surface area contributed by atoms with Crippen molar-refractivity contribution in [3.8, 4) is 0 Å².